The van der Waals surface area contributed by atoms with Crippen LogP contribution in [0.1, 0.15) is 0 Å². The molecule has 0 spiro atoms. The van der Waals surface area contributed by atoms with Crippen LogP contribution < -0.4 is 9.46 Å². The minimum atomic E-state index is -3.98. The first-order valence-corrected chi connectivity index (χ1v) is 11.4. The van der Waals surface area contributed by atoms with E-state index in [1.54, 1.807) is 24.3 Å². The van der Waals surface area contributed by atoms with E-state index in [0.29, 0.717) is 10.2 Å². The molecule has 30 heavy (non-hydrogen) atoms. The fourth-order valence-corrected chi connectivity index (χ4v) is 4.76. The summed E-state index contributed by atoms with van der Waals surface area (Å²) in [5, 5.41) is 10.6. The monoisotopic (exact) mass is 550 g/mol. The fraction of sp³-hybridized carbons (Fsp3) is 0. The Kier molecular flexibility index (Phi) is 6.78. The number of nitro benzene ring substituents is 1. The zero-order valence-corrected chi connectivity index (χ0v) is 19.3. The van der Waals surface area contributed by atoms with Crippen molar-refractivity contribution in [2.45, 2.75) is 4.90 Å². The van der Waals surface area contributed by atoms with Gasteiger partial charge in [0.1, 0.15) is 5.75 Å². The average molecular weight is 553 g/mol. The standard InChI is InChI=1S/C18H10BrCl3N2O5S/c19-10-2-1-3-11(6-10)23-30(27,28)13-8-15(21)18(16(22)9-13)29-17-5-4-12(24(25)26)7-14(17)20/h1-9,23H. The van der Waals surface area contributed by atoms with E-state index >= 15 is 0 Å². The molecule has 0 aliphatic carbocycles. The lowest BCUT2D eigenvalue weighted by atomic mass is 10.3. The van der Waals surface area contributed by atoms with Crippen LogP contribution in [0.5, 0.6) is 11.5 Å². The van der Waals surface area contributed by atoms with Gasteiger partial charge in [0, 0.05) is 22.3 Å². The summed E-state index contributed by atoms with van der Waals surface area (Å²) >= 11 is 21.7. The second kappa shape index (κ2) is 8.99. The Morgan fingerprint density at radius 1 is 0.967 bits per heavy atom. The third kappa shape index (κ3) is 5.16. The Bertz CT molecular complexity index is 1230. The van der Waals surface area contributed by atoms with Crippen molar-refractivity contribution in [3.8, 4) is 11.5 Å². The van der Waals surface area contributed by atoms with Crippen LogP contribution in [0.15, 0.2) is 64.0 Å². The van der Waals surface area contributed by atoms with Crippen molar-refractivity contribution in [1.82, 2.24) is 0 Å². The molecule has 3 rings (SSSR count). The predicted octanol–water partition coefficient (Wildman–Crippen LogP) is 6.91. The molecular formula is C18H10BrCl3N2O5S. The van der Waals surface area contributed by atoms with Crippen LogP contribution in [0.25, 0.3) is 0 Å². The number of ether oxygens (including phenoxy) is 1. The Hall–Kier alpha value is -2.04. The Morgan fingerprint density at radius 2 is 1.63 bits per heavy atom. The molecule has 3 aromatic rings. The number of halogens is 4. The molecule has 0 radical (unpaired) electrons. The summed E-state index contributed by atoms with van der Waals surface area (Å²) < 4.78 is 34.0. The summed E-state index contributed by atoms with van der Waals surface area (Å²) in [5.74, 6) is 0.0180. The van der Waals surface area contributed by atoms with Crippen molar-refractivity contribution in [3.63, 3.8) is 0 Å². The van der Waals surface area contributed by atoms with Crippen LogP contribution in [0.2, 0.25) is 15.1 Å². The Labute approximate surface area is 194 Å². The van der Waals surface area contributed by atoms with Gasteiger partial charge < -0.3 is 4.74 Å². The number of hydrogen-bond donors (Lipinski definition) is 1. The highest BCUT2D eigenvalue weighted by atomic mass is 79.9. The molecule has 0 aromatic heterocycles. The molecule has 0 saturated heterocycles. The largest absolute Gasteiger partial charge is 0.453 e. The zero-order chi connectivity index (χ0) is 22.1. The maximum absolute atomic E-state index is 12.7. The van der Waals surface area contributed by atoms with Crippen LogP contribution >= 0.6 is 50.7 Å². The molecular weight excluding hydrogens is 543 g/mol. The van der Waals surface area contributed by atoms with E-state index in [1.807, 2.05) is 0 Å². The molecule has 0 aliphatic rings. The summed E-state index contributed by atoms with van der Waals surface area (Å²) in [7, 11) is -3.98. The molecule has 1 N–H and O–H groups in total. The van der Waals surface area contributed by atoms with Crippen LogP contribution in [-0.4, -0.2) is 13.3 Å². The second-order valence-electron chi connectivity index (χ2n) is 5.81. The fourth-order valence-electron chi connectivity index (χ4n) is 2.35. The van der Waals surface area contributed by atoms with Gasteiger partial charge in [-0.15, -0.1) is 0 Å². The van der Waals surface area contributed by atoms with Crippen LogP contribution in [0.3, 0.4) is 0 Å². The maximum atomic E-state index is 12.7. The third-order valence-electron chi connectivity index (χ3n) is 3.70. The Morgan fingerprint density at radius 3 is 2.20 bits per heavy atom. The Balaban J connectivity index is 1.91. The molecule has 0 aliphatic heterocycles. The molecule has 156 valence electrons. The first-order chi connectivity index (χ1) is 14.1. The first-order valence-electron chi connectivity index (χ1n) is 7.96. The van der Waals surface area contributed by atoms with Gasteiger partial charge in [-0.25, -0.2) is 8.42 Å². The van der Waals surface area contributed by atoms with Gasteiger partial charge in [0.25, 0.3) is 15.7 Å². The normalized spacial score (nSPS) is 11.2. The maximum Gasteiger partial charge on any atom is 0.271 e. The lowest BCUT2D eigenvalue weighted by Crippen LogP contribution is -2.13. The lowest BCUT2D eigenvalue weighted by molar-refractivity contribution is -0.384. The van der Waals surface area contributed by atoms with E-state index in [4.69, 9.17) is 39.5 Å². The van der Waals surface area contributed by atoms with E-state index in [2.05, 4.69) is 20.7 Å². The summed E-state index contributed by atoms with van der Waals surface area (Å²) in [5.41, 5.74) is 0.124. The molecule has 0 heterocycles. The third-order valence-corrected chi connectivity index (χ3v) is 6.41. The number of anilines is 1. The number of benzene rings is 3. The predicted molar refractivity (Wildman–Crippen MR) is 120 cm³/mol. The number of nitrogens with one attached hydrogen (secondary N) is 1. The van der Waals surface area contributed by atoms with E-state index in [1.165, 1.54) is 24.3 Å². The minimum absolute atomic E-state index is 0.0376. The van der Waals surface area contributed by atoms with Crippen LogP contribution in [-0.2, 0) is 10.0 Å². The molecule has 3 aromatic carbocycles. The van der Waals surface area contributed by atoms with E-state index in [9.17, 15) is 18.5 Å². The van der Waals surface area contributed by atoms with Gasteiger partial charge in [0.05, 0.1) is 24.9 Å². The van der Waals surface area contributed by atoms with Crippen molar-refractivity contribution in [3.05, 3.63) is 84.3 Å². The molecule has 0 unspecified atom stereocenters. The molecule has 7 nitrogen and oxygen atoms in total. The topological polar surface area (TPSA) is 98.5 Å². The second-order valence-corrected chi connectivity index (χ2v) is 9.63. The van der Waals surface area contributed by atoms with Crippen molar-refractivity contribution in [1.29, 1.82) is 0 Å². The van der Waals surface area contributed by atoms with Crippen molar-refractivity contribution in [2.75, 3.05) is 4.72 Å². The summed E-state index contributed by atoms with van der Waals surface area (Å²) in [6, 6.07) is 12.5. The van der Waals surface area contributed by atoms with Crippen LogP contribution in [0.4, 0.5) is 11.4 Å². The smallest absolute Gasteiger partial charge is 0.271 e. The highest BCUT2D eigenvalue weighted by Gasteiger charge is 2.21. The highest BCUT2D eigenvalue weighted by molar-refractivity contribution is 9.10. The average Bonchev–Trinajstić information content (AvgIpc) is 2.65. The van der Waals surface area contributed by atoms with Gasteiger partial charge in [-0.05, 0) is 36.4 Å². The quantitative estimate of drug-likeness (QED) is 0.265. The van der Waals surface area contributed by atoms with Crippen LogP contribution in [0, 0.1) is 10.1 Å². The van der Waals surface area contributed by atoms with Gasteiger partial charge in [-0.3, -0.25) is 14.8 Å². The molecule has 0 bridgehead atoms. The SMILES string of the molecule is O=[N+]([O-])c1ccc(Oc2c(Cl)cc(S(=O)(=O)Nc3cccc(Br)c3)cc2Cl)c(Cl)c1. The van der Waals surface area contributed by atoms with E-state index < -0.39 is 14.9 Å². The number of rotatable bonds is 6. The minimum Gasteiger partial charge on any atom is -0.453 e. The molecule has 0 atom stereocenters. The van der Waals surface area contributed by atoms with Gasteiger partial charge in [0.2, 0.25) is 0 Å². The van der Waals surface area contributed by atoms with Crippen molar-refractivity contribution < 1.29 is 18.1 Å². The van der Waals surface area contributed by atoms with Crippen molar-refractivity contribution in [2.24, 2.45) is 0 Å². The summed E-state index contributed by atoms with van der Waals surface area (Å²) in [6.07, 6.45) is 0. The number of hydrogen-bond acceptors (Lipinski definition) is 5. The van der Waals surface area contributed by atoms with E-state index in [0.717, 1.165) is 6.07 Å². The first kappa shape index (κ1) is 22.6. The molecule has 0 amide bonds. The number of sulfonamides is 1. The number of nitro groups is 1. The van der Waals surface area contributed by atoms with Gasteiger partial charge in [-0.1, -0.05) is 56.8 Å². The molecule has 12 heteroatoms. The summed E-state index contributed by atoms with van der Waals surface area (Å²) in [6.45, 7) is 0. The number of non-ortho nitro benzene ring substituents is 1. The number of nitrogens with zero attached hydrogens (tertiary/aromatic N) is 1. The highest BCUT2D eigenvalue weighted by Crippen LogP contribution is 2.41. The van der Waals surface area contributed by atoms with E-state index in [-0.39, 0.29) is 37.1 Å². The zero-order valence-electron chi connectivity index (χ0n) is 14.6. The van der Waals surface area contributed by atoms with Gasteiger partial charge in [0.15, 0.2) is 5.75 Å². The lowest BCUT2D eigenvalue weighted by Gasteiger charge is -2.14. The van der Waals surface area contributed by atoms with Gasteiger partial charge in [-0.2, -0.15) is 0 Å². The molecule has 0 saturated carbocycles. The van der Waals surface area contributed by atoms with Crippen molar-refractivity contribution >= 4 is 72.1 Å². The summed E-state index contributed by atoms with van der Waals surface area (Å²) in [4.78, 5) is 10.0. The van der Waals surface area contributed by atoms with Gasteiger partial charge >= 0.3 is 0 Å². The molecule has 0 fully saturated rings.